The minimum absolute atomic E-state index is 0.136. The molecule has 0 unspecified atom stereocenters. The van der Waals surface area contributed by atoms with E-state index in [0.29, 0.717) is 0 Å². The lowest BCUT2D eigenvalue weighted by Crippen LogP contribution is -2.34. The molecule has 106 valence electrons. The van der Waals surface area contributed by atoms with Gasteiger partial charge in [0.25, 0.3) is 0 Å². The van der Waals surface area contributed by atoms with E-state index in [9.17, 15) is 0 Å². The number of benzene rings is 2. The summed E-state index contributed by atoms with van der Waals surface area (Å²) in [6, 6.07) is 16.3. The molecule has 0 aliphatic heterocycles. The predicted octanol–water partition coefficient (Wildman–Crippen LogP) is 4.68. The third-order valence-electron chi connectivity index (χ3n) is 3.00. The van der Waals surface area contributed by atoms with Crippen molar-refractivity contribution in [2.75, 3.05) is 0 Å². The molecule has 0 saturated carbocycles. The second-order valence-electron chi connectivity index (χ2n) is 6.16. The van der Waals surface area contributed by atoms with E-state index in [1.807, 2.05) is 24.3 Å². The van der Waals surface area contributed by atoms with Crippen LogP contribution in [0.15, 0.2) is 48.5 Å². The molecular formula is C18H23NO. The molecule has 2 rings (SSSR count). The van der Waals surface area contributed by atoms with E-state index in [0.717, 1.165) is 18.0 Å². The maximum atomic E-state index is 5.81. The summed E-state index contributed by atoms with van der Waals surface area (Å²) in [7, 11) is 0. The molecule has 0 spiro atoms. The summed E-state index contributed by atoms with van der Waals surface area (Å²) < 4.78 is 5.81. The van der Waals surface area contributed by atoms with Gasteiger partial charge in [-0.3, -0.25) is 0 Å². The Hall–Kier alpha value is -1.80. The van der Waals surface area contributed by atoms with Crippen LogP contribution in [0.3, 0.4) is 0 Å². The van der Waals surface area contributed by atoms with Crippen molar-refractivity contribution in [2.24, 2.45) is 0 Å². The Morgan fingerprint density at radius 2 is 1.35 bits per heavy atom. The zero-order valence-corrected chi connectivity index (χ0v) is 12.7. The SMILES string of the molecule is Cc1ccc(Oc2ccc(CNC(C)(C)C)cc2)cc1. The number of hydrogen-bond donors (Lipinski definition) is 1. The van der Waals surface area contributed by atoms with Gasteiger partial charge in [0.05, 0.1) is 0 Å². The lowest BCUT2D eigenvalue weighted by Gasteiger charge is -2.20. The molecule has 2 aromatic rings. The quantitative estimate of drug-likeness (QED) is 0.870. The van der Waals surface area contributed by atoms with E-state index < -0.39 is 0 Å². The van der Waals surface area contributed by atoms with Crippen LogP contribution in [0.25, 0.3) is 0 Å². The first-order valence-corrected chi connectivity index (χ1v) is 7.01. The number of ether oxygens (including phenoxy) is 1. The molecule has 0 bridgehead atoms. The normalized spacial score (nSPS) is 11.4. The third-order valence-corrected chi connectivity index (χ3v) is 3.00. The van der Waals surface area contributed by atoms with Crippen molar-refractivity contribution < 1.29 is 4.74 Å². The van der Waals surface area contributed by atoms with Crippen molar-refractivity contribution in [1.82, 2.24) is 5.32 Å². The molecule has 0 atom stereocenters. The highest BCUT2D eigenvalue weighted by Gasteiger charge is 2.08. The summed E-state index contributed by atoms with van der Waals surface area (Å²) in [4.78, 5) is 0. The molecule has 0 aliphatic carbocycles. The second-order valence-corrected chi connectivity index (χ2v) is 6.16. The van der Waals surface area contributed by atoms with E-state index in [-0.39, 0.29) is 5.54 Å². The Bertz CT molecular complexity index is 535. The highest BCUT2D eigenvalue weighted by atomic mass is 16.5. The first-order valence-electron chi connectivity index (χ1n) is 7.01. The Morgan fingerprint density at radius 3 is 1.85 bits per heavy atom. The van der Waals surface area contributed by atoms with Crippen molar-refractivity contribution in [3.05, 3.63) is 59.7 Å². The maximum absolute atomic E-state index is 5.81. The predicted molar refractivity (Wildman–Crippen MR) is 84.3 cm³/mol. The van der Waals surface area contributed by atoms with Gasteiger partial charge in [0, 0.05) is 12.1 Å². The Labute approximate surface area is 121 Å². The molecule has 0 heterocycles. The van der Waals surface area contributed by atoms with Crippen molar-refractivity contribution in [3.63, 3.8) is 0 Å². The highest BCUT2D eigenvalue weighted by Crippen LogP contribution is 2.22. The molecule has 2 nitrogen and oxygen atoms in total. The zero-order chi connectivity index (χ0) is 14.6. The van der Waals surface area contributed by atoms with Crippen LogP contribution in [0, 0.1) is 6.92 Å². The molecule has 0 aromatic heterocycles. The van der Waals surface area contributed by atoms with Gasteiger partial charge in [0.1, 0.15) is 11.5 Å². The zero-order valence-electron chi connectivity index (χ0n) is 12.7. The van der Waals surface area contributed by atoms with Gasteiger partial charge >= 0.3 is 0 Å². The van der Waals surface area contributed by atoms with Gasteiger partial charge in [-0.15, -0.1) is 0 Å². The lowest BCUT2D eigenvalue weighted by atomic mass is 10.1. The van der Waals surface area contributed by atoms with E-state index in [1.54, 1.807) is 0 Å². The van der Waals surface area contributed by atoms with Gasteiger partial charge in [0.2, 0.25) is 0 Å². The van der Waals surface area contributed by atoms with E-state index in [2.05, 4.69) is 57.3 Å². The Kier molecular flexibility index (Phi) is 4.46. The van der Waals surface area contributed by atoms with Crippen molar-refractivity contribution in [2.45, 2.75) is 39.8 Å². The first-order chi connectivity index (χ1) is 9.42. The molecular weight excluding hydrogens is 246 g/mol. The fraction of sp³-hybridized carbons (Fsp3) is 0.333. The molecule has 0 aliphatic rings. The van der Waals surface area contributed by atoms with Crippen LogP contribution in [-0.4, -0.2) is 5.54 Å². The third kappa shape index (κ3) is 4.71. The molecule has 2 aromatic carbocycles. The van der Waals surface area contributed by atoms with Crippen LogP contribution >= 0.6 is 0 Å². The van der Waals surface area contributed by atoms with Gasteiger partial charge in [-0.25, -0.2) is 0 Å². The lowest BCUT2D eigenvalue weighted by molar-refractivity contribution is 0.424. The van der Waals surface area contributed by atoms with Crippen LogP contribution in [0.2, 0.25) is 0 Å². The summed E-state index contributed by atoms with van der Waals surface area (Å²) in [5, 5.41) is 3.47. The topological polar surface area (TPSA) is 21.3 Å². The fourth-order valence-electron chi connectivity index (χ4n) is 1.78. The fourth-order valence-corrected chi connectivity index (χ4v) is 1.78. The second kappa shape index (κ2) is 6.10. The van der Waals surface area contributed by atoms with E-state index in [1.165, 1.54) is 11.1 Å². The molecule has 0 saturated heterocycles. The van der Waals surface area contributed by atoms with Crippen LogP contribution in [-0.2, 0) is 6.54 Å². The minimum Gasteiger partial charge on any atom is -0.457 e. The average Bonchev–Trinajstić information content (AvgIpc) is 2.40. The van der Waals surface area contributed by atoms with Gasteiger partial charge in [0.15, 0.2) is 0 Å². The summed E-state index contributed by atoms with van der Waals surface area (Å²) in [6.07, 6.45) is 0. The van der Waals surface area contributed by atoms with E-state index in [4.69, 9.17) is 4.74 Å². The summed E-state index contributed by atoms with van der Waals surface area (Å²) >= 11 is 0. The first kappa shape index (κ1) is 14.6. The highest BCUT2D eigenvalue weighted by molar-refractivity contribution is 5.34. The maximum Gasteiger partial charge on any atom is 0.127 e. The van der Waals surface area contributed by atoms with Crippen LogP contribution in [0.4, 0.5) is 0 Å². The van der Waals surface area contributed by atoms with Crippen molar-refractivity contribution in [1.29, 1.82) is 0 Å². The Morgan fingerprint density at radius 1 is 0.850 bits per heavy atom. The molecule has 2 heteroatoms. The van der Waals surface area contributed by atoms with Crippen LogP contribution in [0.1, 0.15) is 31.9 Å². The van der Waals surface area contributed by atoms with Gasteiger partial charge in [-0.2, -0.15) is 0 Å². The molecule has 0 radical (unpaired) electrons. The van der Waals surface area contributed by atoms with Crippen LogP contribution in [0.5, 0.6) is 11.5 Å². The van der Waals surface area contributed by atoms with Crippen molar-refractivity contribution in [3.8, 4) is 11.5 Å². The van der Waals surface area contributed by atoms with Gasteiger partial charge < -0.3 is 10.1 Å². The van der Waals surface area contributed by atoms with Gasteiger partial charge in [-0.05, 0) is 57.5 Å². The van der Waals surface area contributed by atoms with Crippen molar-refractivity contribution >= 4 is 0 Å². The minimum atomic E-state index is 0.136. The van der Waals surface area contributed by atoms with Gasteiger partial charge in [-0.1, -0.05) is 29.8 Å². The largest absolute Gasteiger partial charge is 0.457 e. The standard InChI is InChI=1S/C18H23NO/c1-14-5-9-16(10-6-14)20-17-11-7-15(8-12-17)13-19-18(2,3)4/h5-12,19H,13H2,1-4H3. The number of aryl methyl sites for hydroxylation is 1. The van der Waals surface area contributed by atoms with Crippen LogP contribution < -0.4 is 10.1 Å². The number of nitrogens with one attached hydrogen (secondary N) is 1. The molecule has 0 fully saturated rings. The summed E-state index contributed by atoms with van der Waals surface area (Å²) in [5.74, 6) is 1.74. The summed E-state index contributed by atoms with van der Waals surface area (Å²) in [5.41, 5.74) is 2.63. The molecule has 0 amide bonds. The number of rotatable bonds is 4. The molecule has 1 N–H and O–H groups in total. The molecule has 20 heavy (non-hydrogen) atoms. The number of hydrogen-bond acceptors (Lipinski definition) is 2. The van der Waals surface area contributed by atoms with E-state index >= 15 is 0 Å². The average molecular weight is 269 g/mol. The smallest absolute Gasteiger partial charge is 0.127 e. The monoisotopic (exact) mass is 269 g/mol. The Balaban J connectivity index is 1.96. The summed E-state index contributed by atoms with van der Waals surface area (Å²) in [6.45, 7) is 9.45.